The van der Waals surface area contributed by atoms with Crippen LogP contribution in [-0.4, -0.2) is 43.3 Å². The van der Waals surface area contributed by atoms with Crippen LogP contribution >= 0.6 is 0 Å². The maximum Gasteiger partial charge on any atom is 0.193 e. The minimum Gasteiger partial charge on any atom is -0.497 e. The zero-order valence-corrected chi connectivity index (χ0v) is 16.9. The summed E-state index contributed by atoms with van der Waals surface area (Å²) < 4.78 is 11.0. The molecule has 3 rings (SSSR count). The lowest BCUT2D eigenvalue weighted by molar-refractivity contribution is -0.0705. The number of aliphatic imine (C=N–C) groups is 1. The molecular formula is C22H30N4O2. The topological polar surface area (TPSA) is 72.1 Å². The first kappa shape index (κ1) is 20.2. The Balaban J connectivity index is 1.62. The predicted molar refractivity (Wildman–Crippen MR) is 114 cm³/mol. The lowest BCUT2D eigenvalue weighted by atomic mass is 10.1. The molecule has 1 fully saturated rings. The molecule has 150 valence electrons. The Bertz CT molecular complexity index is 781. The summed E-state index contributed by atoms with van der Waals surface area (Å²) in [6.45, 7) is 7.59. The van der Waals surface area contributed by atoms with Crippen LogP contribution in [0, 0.1) is 0 Å². The maximum absolute atomic E-state index is 6.08. The highest BCUT2D eigenvalue weighted by Gasteiger charge is 2.22. The molecule has 6 heteroatoms. The van der Waals surface area contributed by atoms with Crippen LogP contribution in [0.2, 0.25) is 0 Å². The molecule has 28 heavy (non-hydrogen) atoms. The summed E-state index contributed by atoms with van der Waals surface area (Å²) in [6.07, 6.45) is 0.525. The van der Waals surface area contributed by atoms with Crippen LogP contribution in [0.4, 0.5) is 5.69 Å². The van der Waals surface area contributed by atoms with E-state index in [0.29, 0.717) is 12.5 Å². The Kier molecular flexibility index (Phi) is 6.90. The van der Waals surface area contributed by atoms with Gasteiger partial charge in [-0.05, 0) is 49.2 Å². The molecule has 2 aromatic carbocycles. The van der Waals surface area contributed by atoms with Gasteiger partial charge in [-0.2, -0.15) is 0 Å². The lowest BCUT2D eigenvalue weighted by Gasteiger charge is -2.35. The standard InChI is InChI=1S/C22H30N4O2/c1-16-13-26(14-17(2)28-16)15-19-7-5-4-6-18(19)12-24-22(23)25-20-8-10-21(27-3)11-9-20/h4-11,16-17H,12-15H2,1-3H3,(H3,23,24,25). The summed E-state index contributed by atoms with van der Waals surface area (Å²) in [5.74, 6) is 1.20. The zero-order chi connectivity index (χ0) is 19.9. The van der Waals surface area contributed by atoms with Crippen LogP contribution in [0.15, 0.2) is 53.5 Å². The summed E-state index contributed by atoms with van der Waals surface area (Å²) in [4.78, 5) is 6.97. The number of morpholine rings is 1. The van der Waals surface area contributed by atoms with Gasteiger partial charge in [-0.15, -0.1) is 0 Å². The third-order valence-electron chi connectivity index (χ3n) is 4.79. The second-order valence-electron chi connectivity index (χ2n) is 7.28. The van der Waals surface area contributed by atoms with E-state index in [9.17, 15) is 0 Å². The second kappa shape index (κ2) is 9.57. The first-order valence-corrected chi connectivity index (χ1v) is 9.69. The van der Waals surface area contributed by atoms with E-state index in [-0.39, 0.29) is 12.2 Å². The minimum atomic E-state index is 0.262. The van der Waals surface area contributed by atoms with Crippen LogP contribution in [0.5, 0.6) is 5.75 Å². The second-order valence-corrected chi connectivity index (χ2v) is 7.28. The van der Waals surface area contributed by atoms with Gasteiger partial charge in [0.25, 0.3) is 0 Å². The fourth-order valence-corrected chi connectivity index (χ4v) is 3.55. The van der Waals surface area contributed by atoms with Crippen LogP contribution in [0.25, 0.3) is 0 Å². The molecule has 0 radical (unpaired) electrons. The minimum absolute atomic E-state index is 0.262. The summed E-state index contributed by atoms with van der Waals surface area (Å²) in [6, 6.07) is 16.0. The highest BCUT2D eigenvalue weighted by Crippen LogP contribution is 2.18. The highest BCUT2D eigenvalue weighted by molar-refractivity contribution is 5.92. The first-order valence-electron chi connectivity index (χ1n) is 9.69. The normalized spacial score (nSPS) is 20.8. The van der Waals surface area contributed by atoms with Crippen molar-refractivity contribution in [1.29, 1.82) is 0 Å². The number of benzene rings is 2. The molecule has 0 saturated carbocycles. The van der Waals surface area contributed by atoms with Crippen LogP contribution < -0.4 is 15.8 Å². The molecular weight excluding hydrogens is 352 g/mol. The van der Waals surface area contributed by atoms with Gasteiger partial charge in [-0.3, -0.25) is 4.90 Å². The molecule has 1 aliphatic heterocycles. The van der Waals surface area contributed by atoms with Gasteiger partial charge in [0, 0.05) is 25.3 Å². The van der Waals surface area contributed by atoms with Gasteiger partial charge in [0.1, 0.15) is 5.75 Å². The summed E-state index contributed by atoms with van der Waals surface area (Å²) in [5, 5.41) is 3.12. The smallest absolute Gasteiger partial charge is 0.193 e. The Morgan fingerprint density at radius 2 is 1.75 bits per heavy atom. The van der Waals surface area contributed by atoms with Crippen molar-refractivity contribution in [1.82, 2.24) is 4.90 Å². The summed E-state index contributed by atoms with van der Waals surface area (Å²) in [5.41, 5.74) is 9.43. The lowest BCUT2D eigenvalue weighted by Crippen LogP contribution is -2.44. The Labute approximate surface area is 167 Å². The van der Waals surface area contributed by atoms with E-state index in [1.807, 2.05) is 30.3 Å². The van der Waals surface area contributed by atoms with Gasteiger partial charge >= 0.3 is 0 Å². The van der Waals surface area contributed by atoms with E-state index in [2.05, 4.69) is 47.3 Å². The molecule has 1 aliphatic rings. The van der Waals surface area contributed by atoms with Crippen LogP contribution in [0.3, 0.4) is 0 Å². The van der Waals surface area contributed by atoms with Gasteiger partial charge in [0.2, 0.25) is 0 Å². The average Bonchev–Trinajstić information content (AvgIpc) is 2.67. The monoisotopic (exact) mass is 382 g/mol. The Hall–Kier alpha value is -2.57. The SMILES string of the molecule is COc1ccc(NC(N)=NCc2ccccc2CN2CC(C)OC(C)C2)cc1. The third-order valence-corrected chi connectivity index (χ3v) is 4.79. The van der Waals surface area contributed by atoms with E-state index >= 15 is 0 Å². The first-order chi connectivity index (χ1) is 13.5. The molecule has 1 saturated heterocycles. The Morgan fingerprint density at radius 1 is 1.11 bits per heavy atom. The van der Waals surface area contributed by atoms with Crippen LogP contribution in [0.1, 0.15) is 25.0 Å². The highest BCUT2D eigenvalue weighted by atomic mass is 16.5. The van der Waals surface area contributed by atoms with Crippen LogP contribution in [-0.2, 0) is 17.8 Å². The molecule has 0 aromatic heterocycles. The summed E-state index contributed by atoms with van der Waals surface area (Å²) >= 11 is 0. The van der Waals surface area contributed by atoms with Gasteiger partial charge in [0.05, 0.1) is 25.9 Å². The molecule has 2 unspecified atom stereocenters. The van der Waals surface area contributed by atoms with Crippen molar-refractivity contribution in [2.24, 2.45) is 10.7 Å². The zero-order valence-electron chi connectivity index (χ0n) is 16.9. The van der Waals surface area contributed by atoms with Crippen molar-refractivity contribution in [2.45, 2.75) is 39.1 Å². The molecule has 6 nitrogen and oxygen atoms in total. The molecule has 0 bridgehead atoms. The molecule has 0 aliphatic carbocycles. The summed E-state index contributed by atoms with van der Waals surface area (Å²) in [7, 11) is 1.65. The van der Waals surface area contributed by atoms with Crippen molar-refractivity contribution in [2.75, 3.05) is 25.5 Å². The third kappa shape index (κ3) is 5.71. The van der Waals surface area contributed by atoms with Crippen molar-refractivity contribution >= 4 is 11.6 Å². The van der Waals surface area contributed by atoms with Gasteiger partial charge in [0.15, 0.2) is 5.96 Å². The number of ether oxygens (including phenoxy) is 2. The number of nitrogens with zero attached hydrogens (tertiary/aromatic N) is 2. The van der Waals surface area contributed by atoms with Crippen molar-refractivity contribution in [3.63, 3.8) is 0 Å². The maximum atomic E-state index is 6.08. The number of hydrogen-bond donors (Lipinski definition) is 2. The Morgan fingerprint density at radius 3 is 2.39 bits per heavy atom. The van der Waals surface area contributed by atoms with Gasteiger partial charge < -0.3 is 20.5 Å². The quantitative estimate of drug-likeness (QED) is 0.593. The largest absolute Gasteiger partial charge is 0.497 e. The van der Waals surface area contributed by atoms with E-state index in [1.54, 1.807) is 7.11 Å². The fraction of sp³-hybridized carbons (Fsp3) is 0.409. The number of guanidine groups is 1. The molecule has 3 N–H and O–H groups in total. The van der Waals surface area contributed by atoms with Gasteiger partial charge in [-0.1, -0.05) is 24.3 Å². The predicted octanol–water partition coefficient (Wildman–Crippen LogP) is 3.23. The van der Waals surface area contributed by atoms with E-state index in [0.717, 1.165) is 31.1 Å². The molecule has 2 atom stereocenters. The van der Waals surface area contributed by atoms with Crippen molar-refractivity contribution in [3.05, 3.63) is 59.7 Å². The fourth-order valence-electron chi connectivity index (χ4n) is 3.55. The van der Waals surface area contributed by atoms with Crippen molar-refractivity contribution < 1.29 is 9.47 Å². The average molecular weight is 383 g/mol. The van der Waals surface area contributed by atoms with E-state index in [1.165, 1.54) is 11.1 Å². The molecule has 0 amide bonds. The number of hydrogen-bond acceptors (Lipinski definition) is 4. The van der Waals surface area contributed by atoms with E-state index < -0.39 is 0 Å². The van der Waals surface area contributed by atoms with E-state index in [4.69, 9.17) is 15.2 Å². The number of nitrogens with two attached hydrogens (primary N) is 1. The molecule has 0 spiro atoms. The molecule has 1 heterocycles. The molecule has 2 aromatic rings. The number of methoxy groups -OCH3 is 1. The number of anilines is 1. The number of rotatable bonds is 6. The number of nitrogens with one attached hydrogen (secondary N) is 1. The van der Waals surface area contributed by atoms with Crippen molar-refractivity contribution in [3.8, 4) is 5.75 Å². The van der Waals surface area contributed by atoms with Gasteiger partial charge in [-0.25, -0.2) is 4.99 Å².